The monoisotopic (exact) mass is 461 g/mol. The molecule has 4 rings (SSSR count). The largest absolute Gasteiger partial charge is 0.345 e. The topological polar surface area (TPSA) is 72.3 Å². The van der Waals surface area contributed by atoms with Crippen molar-refractivity contribution in [2.45, 2.75) is 19.9 Å². The number of hydrogen-bond acceptors (Lipinski definition) is 5. The van der Waals surface area contributed by atoms with Crippen LogP contribution in [0.2, 0.25) is 0 Å². The highest BCUT2D eigenvalue weighted by Gasteiger charge is 2.23. The maximum Gasteiger partial charge on any atom is 0.262 e. The van der Waals surface area contributed by atoms with E-state index in [4.69, 9.17) is 0 Å². The Bertz CT molecular complexity index is 1460. The molecule has 1 aromatic heterocycles. The normalized spacial score (nSPS) is 12.6. The summed E-state index contributed by atoms with van der Waals surface area (Å²) in [6, 6.07) is 22.3. The molecule has 0 spiro atoms. The van der Waals surface area contributed by atoms with E-state index in [2.05, 4.69) is 4.98 Å². The molecule has 1 atom stereocenters. The summed E-state index contributed by atoms with van der Waals surface area (Å²) in [7, 11) is -1.42. The van der Waals surface area contributed by atoms with Crippen molar-refractivity contribution in [3.8, 4) is 0 Å². The number of anilines is 2. The van der Waals surface area contributed by atoms with Crippen molar-refractivity contribution in [3.05, 3.63) is 100 Å². The standard InChI is InChI=1S/C26H27N3O3S/c1-18-10-12-21(13-11-18)28(3)22-14-15-24-23(16-22)26(30)29(19(2)27-24)25(17-33(4,31)32)20-8-6-5-7-9-20/h5-16,25H,17H2,1-4H3. The maximum absolute atomic E-state index is 13.7. The van der Waals surface area contributed by atoms with Crippen molar-refractivity contribution in [2.24, 2.45) is 0 Å². The lowest BCUT2D eigenvalue weighted by Gasteiger charge is -2.23. The molecule has 0 aliphatic heterocycles. The third-order valence-corrected chi connectivity index (χ3v) is 6.75. The zero-order chi connectivity index (χ0) is 23.8. The molecule has 0 radical (unpaired) electrons. The number of rotatable bonds is 6. The van der Waals surface area contributed by atoms with Crippen LogP contribution in [0.15, 0.2) is 77.6 Å². The fraction of sp³-hybridized carbons (Fsp3) is 0.231. The minimum atomic E-state index is -3.36. The van der Waals surface area contributed by atoms with Gasteiger partial charge in [-0.3, -0.25) is 9.36 Å². The molecule has 1 unspecified atom stereocenters. The van der Waals surface area contributed by atoms with Crippen molar-refractivity contribution in [1.82, 2.24) is 9.55 Å². The Labute approximate surface area is 194 Å². The van der Waals surface area contributed by atoms with Crippen molar-refractivity contribution < 1.29 is 8.42 Å². The summed E-state index contributed by atoms with van der Waals surface area (Å²) >= 11 is 0. The second-order valence-electron chi connectivity index (χ2n) is 8.45. The molecule has 0 saturated carbocycles. The molecule has 4 aromatic rings. The number of aromatic nitrogens is 2. The number of hydrogen-bond donors (Lipinski definition) is 0. The predicted molar refractivity (Wildman–Crippen MR) is 134 cm³/mol. The quantitative estimate of drug-likeness (QED) is 0.425. The molecule has 6 nitrogen and oxygen atoms in total. The van der Waals surface area contributed by atoms with E-state index in [9.17, 15) is 13.2 Å². The van der Waals surface area contributed by atoms with Crippen LogP contribution < -0.4 is 10.5 Å². The first-order valence-electron chi connectivity index (χ1n) is 10.7. The van der Waals surface area contributed by atoms with E-state index in [-0.39, 0.29) is 11.3 Å². The summed E-state index contributed by atoms with van der Waals surface area (Å²) in [5, 5.41) is 0.450. The van der Waals surface area contributed by atoms with Crippen molar-refractivity contribution in [1.29, 1.82) is 0 Å². The summed E-state index contributed by atoms with van der Waals surface area (Å²) in [6.07, 6.45) is 1.19. The van der Waals surface area contributed by atoms with Crippen molar-refractivity contribution in [2.75, 3.05) is 24.0 Å². The van der Waals surface area contributed by atoms with Gasteiger partial charge in [-0.15, -0.1) is 0 Å². The van der Waals surface area contributed by atoms with Gasteiger partial charge in [-0.2, -0.15) is 0 Å². The van der Waals surface area contributed by atoms with Crippen LogP contribution in [-0.4, -0.2) is 37.0 Å². The highest BCUT2D eigenvalue weighted by Crippen LogP contribution is 2.27. The fourth-order valence-electron chi connectivity index (χ4n) is 4.07. The van der Waals surface area contributed by atoms with Gasteiger partial charge in [0, 0.05) is 24.7 Å². The van der Waals surface area contributed by atoms with Gasteiger partial charge in [0.25, 0.3) is 5.56 Å². The Hall–Kier alpha value is -3.45. The highest BCUT2D eigenvalue weighted by atomic mass is 32.2. The molecule has 0 amide bonds. The molecular formula is C26H27N3O3S. The van der Waals surface area contributed by atoms with E-state index >= 15 is 0 Å². The third-order valence-electron chi connectivity index (χ3n) is 5.83. The molecule has 3 aromatic carbocycles. The lowest BCUT2D eigenvalue weighted by atomic mass is 10.1. The second kappa shape index (κ2) is 8.83. The Morgan fingerprint density at radius 2 is 1.58 bits per heavy atom. The lowest BCUT2D eigenvalue weighted by Crippen LogP contribution is -2.32. The van der Waals surface area contributed by atoms with Gasteiger partial charge in [-0.25, -0.2) is 13.4 Å². The second-order valence-corrected chi connectivity index (χ2v) is 10.6. The van der Waals surface area contributed by atoms with Crippen LogP contribution in [0.5, 0.6) is 0 Å². The van der Waals surface area contributed by atoms with Crippen LogP contribution in [0.4, 0.5) is 11.4 Å². The molecule has 0 N–H and O–H groups in total. The summed E-state index contributed by atoms with van der Waals surface area (Å²) < 4.78 is 26.0. The number of benzene rings is 3. The maximum atomic E-state index is 13.7. The average Bonchev–Trinajstić information content (AvgIpc) is 2.78. The fourth-order valence-corrected chi connectivity index (χ4v) is 4.99. The molecule has 0 fully saturated rings. The third kappa shape index (κ3) is 4.83. The van der Waals surface area contributed by atoms with Crippen LogP contribution in [-0.2, 0) is 9.84 Å². The molecule has 0 saturated heterocycles. The van der Waals surface area contributed by atoms with E-state index in [0.717, 1.165) is 16.9 Å². The van der Waals surface area contributed by atoms with Gasteiger partial charge in [0.1, 0.15) is 15.7 Å². The molecule has 0 aliphatic carbocycles. The Morgan fingerprint density at radius 1 is 0.939 bits per heavy atom. The first-order valence-corrected chi connectivity index (χ1v) is 12.8. The number of sulfone groups is 1. The molecule has 0 bridgehead atoms. The number of aryl methyl sites for hydroxylation is 2. The predicted octanol–water partition coefficient (Wildman–Crippen LogP) is 4.42. The summed E-state index contributed by atoms with van der Waals surface area (Å²) in [6.45, 7) is 3.78. The minimum absolute atomic E-state index is 0.187. The Morgan fingerprint density at radius 3 is 2.21 bits per heavy atom. The highest BCUT2D eigenvalue weighted by molar-refractivity contribution is 7.90. The molecule has 1 heterocycles. The van der Waals surface area contributed by atoms with Crippen LogP contribution in [0.1, 0.15) is 23.0 Å². The molecule has 33 heavy (non-hydrogen) atoms. The van der Waals surface area contributed by atoms with Gasteiger partial charge in [0.15, 0.2) is 0 Å². The van der Waals surface area contributed by atoms with Gasteiger partial charge in [0.2, 0.25) is 0 Å². The van der Waals surface area contributed by atoms with Crippen LogP contribution >= 0.6 is 0 Å². The first-order chi connectivity index (χ1) is 15.6. The van der Waals surface area contributed by atoms with E-state index in [1.807, 2.05) is 91.7 Å². The molecule has 0 aliphatic rings. The summed E-state index contributed by atoms with van der Waals surface area (Å²) in [5.41, 5.74) is 4.10. The zero-order valence-electron chi connectivity index (χ0n) is 19.2. The number of fused-ring (bicyclic) bond motifs is 1. The lowest BCUT2D eigenvalue weighted by molar-refractivity contribution is 0.558. The van der Waals surface area contributed by atoms with Crippen LogP contribution in [0.25, 0.3) is 10.9 Å². The van der Waals surface area contributed by atoms with E-state index in [1.165, 1.54) is 16.4 Å². The zero-order valence-corrected chi connectivity index (χ0v) is 20.0. The molecule has 170 valence electrons. The Kier molecular flexibility index (Phi) is 6.08. The molecule has 7 heteroatoms. The van der Waals surface area contributed by atoms with Crippen LogP contribution in [0.3, 0.4) is 0 Å². The van der Waals surface area contributed by atoms with Crippen molar-refractivity contribution >= 4 is 32.1 Å². The minimum Gasteiger partial charge on any atom is -0.345 e. The van der Waals surface area contributed by atoms with Gasteiger partial charge >= 0.3 is 0 Å². The smallest absolute Gasteiger partial charge is 0.262 e. The average molecular weight is 462 g/mol. The van der Waals surface area contributed by atoms with Crippen molar-refractivity contribution in [3.63, 3.8) is 0 Å². The summed E-state index contributed by atoms with van der Waals surface area (Å²) in [4.78, 5) is 20.4. The SMILES string of the molecule is Cc1ccc(N(C)c2ccc3nc(C)n(C(CS(C)(=O)=O)c4ccccc4)c(=O)c3c2)cc1. The van der Waals surface area contributed by atoms with E-state index < -0.39 is 15.9 Å². The first kappa shape index (κ1) is 22.7. The van der Waals surface area contributed by atoms with Crippen LogP contribution in [0, 0.1) is 13.8 Å². The van der Waals surface area contributed by atoms with Gasteiger partial charge in [-0.1, -0.05) is 48.0 Å². The number of nitrogens with zero attached hydrogens (tertiary/aromatic N) is 3. The van der Waals surface area contributed by atoms with E-state index in [1.54, 1.807) is 6.92 Å². The van der Waals surface area contributed by atoms with Gasteiger partial charge < -0.3 is 4.90 Å². The molecular weight excluding hydrogens is 434 g/mol. The van der Waals surface area contributed by atoms with Gasteiger partial charge in [-0.05, 0) is 49.7 Å². The van der Waals surface area contributed by atoms with Gasteiger partial charge in [0.05, 0.1) is 22.7 Å². The van der Waals surface area contributed by atoms with E-state index in [0.29, 0.717) is 16.7 Å². The summed E-state index contributed by atoms with van der Waals surface area (Å²) in [5.74, 6) is 0.290. The Balaban J connectivity index is 1.88.